The van der Waals surface area contributed by atoms with Gasteiger partial charge in [0.1, 0.15) is 5.75 Å². The minimum absolute atomic E-state index is 0.0836. The molecule has 4 heteroatoms. The van der Waals surface area contributed by atoms with Crippen LogP contribution in [0.3, 0.4) is 0 Å². The van der Waals surface area contributed by atoms with Crippen molar-refractivity contribution in [1.29, 1.82) is 0 Å². The summed E-state index contributed by atoms with van der Waals surface area (Å²) in [6.07, 6.45) is 1.04. The number of hydrazine groups is 1. The maximum atomic E-state index is 9.46. The van der Waals surface area contributed by atoms with Gasteiger partial charge in [-0.1, -0.05) is 54.6 Å². The van der Waals surface area contributed by atoms with Crippen molar-refractivity contribution in [1.82, 2.24) is 10.9 Å². The number of aromatic hydroxyl groups is 1. The molecule has 0 saturated carbocycles. The molecule has 5 rings (SSSR count). The van der Waals surface area contributed by atoms with Crippen molar-refractivity contribution in [2.24, 2.45) is 5.92 Å². The molecule has 2 aliphatic rings. The predicted octanol–water partition coefficient (Wildman–Crippen LogP) is 3.61. The molecule has 27 heavy (non-hydrogen) atoms. The summed E-state index contributed by atoms with van der Waals surface area (Å²) >= 11 is 0. The van der Waals surface area contributed by atoms with E-state index in [0.29, 0.717) is 5.92 Å². The van der Waals surface area contributed by atoms with Crippen molar-refractivity contribution in [3.8, 4) is 16.9 Å². The van der Waals surface area contributed by atoms with E-state index in [1.807, 2.05) is 18.2 Å². The first-order chi connectivity index (χ1) is 13.2. The van der Waals surface area contributed by atoms with Gasteiger partial charge in [-0.25, -0.2) is 10.9 Å². The maximum absolute atomic E-state index is 9.46. The summed E-state index contributed by atoms with van der Waals surface area (Å²) in [6.45, 7) is 0.0836. The number of benzene rings is 3. The Balaban J connectivity index is 1.39. The smallest absolute Gasteiger partial charge is 0.115 e. The van der Waals surface area contributed by atoms with Gasteiger partial charge in [-0.05, 0) is 51.9 Å². The van der Waals surface area contributed by atoms with Crippen LogP contribution in [0, 0.1) is 5.92 Å². The van der Waals surface area contributed by atoms with Crippen LogP contribution in [-0.2, 0) is 13.0 Å². The van der Waals surface area contributed by atoms with Gasteiger partial charge in [-0.3, -0.25) is 0 Å². The molecule has 4 N–H and O–H groups in total. The van der Waals surface area contributed by atoms with E-state index in [4.69, 9.17) is 0 Å². The molecule has 0 aromatic heterocycles. The Bertz CT molecular complexity index is 967. The first kappa shape index (κ1) is 16.5. The van der Waals surface area contributed by atoms with Crippen molar-refractivity contribution in [2.75, 3.05) is 0 Å². The number of rotatable bonds is 3. The van der Waals surface area contributed by atoms with Gasteiger partial charge in [0.2, 0.25) is 0 Å². The highest BCUT2D eigenvalue weighted by atomic mass is 16.3. The third-order valence-electron chi connectivity index (χ3n) is 5.90. The number of nitrogens with one attached hydrogen (secondary N) is 2. The Morgan fingerprint density at radius 1 is 0.815 bits per heavy atom. The second kappa shape index (κ2) is 6.50. The van der Waals surface area contributed by atoms with Gasteiger partial charge in [0.05, 0.1) is 18.7 Å². The lowest BCUT2D eigenvalue weighted by Crippen LogP contribution is -2.27. The molecule has 0 spiro atoms. The SMILES string of the molecule is OCc1ccc2c(c1)C1NNC(c3ccc(-c4ccc(O)cc4)cc3)C1C2. The van der Waals surface area contributed by atoms with E-state index in [2.05, 4.69) is 47.2 Å². The van der Waals surface area contributed by atoms with E-state index in [1.165, 1.54) is 16.7 Å². The van der Waals surface area contributed by atoms with Gasteiger partial charge >= 0.3 is 0 Å². The van der Waals surface area contributed by atoms with Crippen molar-refractivity contribution >= 4 is 0 Å². The third kappa shape index (κ3) is 2.82. The molecule has 4 nitrogen and oxygen atoms in total. The molecule has 3 atom stereocenters. The van der Waals surface area contributed by atoms with Crippen LogP contribution < -0.4 is 10.9 Å². The lowest BCUT2D eigenvalue weighted by molar-refractivity contribution is 0.281. The fourth-order valence-corrected chi connectivity index (χ4v) is 4.47. The largest absolute Gasteiger partial charge is 0.508 e. The topological polar surface area (TPSA) is 64.5 Å². The molecule has 136 valence electrons. The molecule has 1 heterocycles. The third-order valence-corrected chi connectivity index (χ3v) is 5.90. The normalized spacial score (nSPS) is 23.2. The molecular formula is C23H22N2O2. The second-order valence-electron chi connectivity index (χ2n) is 7.47. The molecule has 3 aromatic carbocycles. The Morgan fingerprint density at radius 3 is 2.19 bits per heavy atom. The molecule has 1 aliphatic carbocycles. The lowest BCUT2D eigenvalue weighted by atomic mass is 9.89. The van der Waals surface area contributed by atoms with E-state index in [0.717, 1.165) is 23.1 Å². The zero-order valence-corrected chi connectivity index (χ0v) is 14.9. The second-order valence-corrected chi connectivity index (χ2v) is 7.47. The summed E-state index contributed by atoms with van der Waals surface area (Å²) < 4.78 is 0. The van der Waals surface area contributed by atoms with Gasteiger partial charge < -0.3 is 10.2 Å². The quantitative estimate of drug-likeness (QED) is 0.578. The molecular weight excluding hydrogens is 336 g/mol. The zero-order valence-electron chi connectivity index (χ0n) is 14.9. The average Bonchev–Trinajstić information content (AvgIpc) is 3.27. The minimum Gasteiger partial charge on any atom is -0.508 e. The fourth-order valence-electron chi connectivity index (χ4n) is 4.47. The molecule has 1 fully saturated rings. The lowest BCUT2D eigenvalue weighted by Gasteiger charge is -2.17. The Kier molecular flexibility index (Phi) is 3.97. The van der Waals surface area contributed by atoms with Crippen molar-refractivity contribution in [2.45, 2.75) is 25.1 Å². The first-order valence-corrected chi connectivity index (χ1v) is 9.36. The van der Waals surface area contributed by atoms with Crippen LogP contribution in [-0.4, -0.2) is 10.2 Å². The zero-order chi connectivity index (χ0) is 18.4. The van der Waals surface area contributed by atoms with Crippen LogP contribution in [0.15, 0.2) is 66.7 Å². The number of aliphatic hydroxyl groups is 1. The monoisotopic (exact) mass is 358 g/mol. The summed E-state index contributed by atoms with van der Waals surface area (Å²) in [4.78, 5) is 0. The van der Waals surface area contributed by atoms with E-state index in [-0.39, 0.29) is 24.4 Å². The van der Waals surface area contributed by atoms with E-state index in [1.54, 1.807) is 12.1 Å². The molecule has 0 radical (unpaired) electrons. The molecule has 3 aromatic rings. The highest BCUT2D eigenvalue weighted by Crippen LogP contribution is 2.46. The molecule has 1 aliphatic heterocycles. The standard InChI is InChI=1S/C23H22N2O2/c26-13-14-1-2-18-12-21-22(24-25-23(21)20(18)11-14)17-5-3-15(4-6-17)16-7-9-19(27)10-8-16/h1-11,21-27H,12-13H2. The van der Waals surface area contributed by atoms with Crippen molar-refractivity contribution in [3.63, 3.8) is 0 Å². The van der Waals surface area contributed by atoms with E-state index in [9.17, 15) is 10.2 Å². The van der Waals surface area contributed by atoms with Gasteiger partial charge in [-0.15, -0.1) is 0 Å². The van der Waals surface area contributed by atoms with Crippen LogP contribution >= 0.6 is 0 Å². The highest BCUT2D eigenvalue weighted by molar-refractivity contribution is 5.64. The van der Waals surface area contributed by atoms with Crippen LogP contribution in [0.2, 0.25) is 0 Å². The summed E-state index contributed by atoms with van der Waals surface area (Å²) in [6, 6.07) is 22.8. The number of phenols is 1. The highest BCUT2D eigenvalue weighted by Gasteiger charge is 2.42. The summed E-state index contributed by atoms with van der Waals surface area (Å²) in [5.74, 6) is 0.751. The fraction of sp³-hybridized carbons (Fsp3) is 0.217. The molecule has 1 saturated heterocycles. The van der Waals surface area contributed by atoms with Crippen LogP contribution in [0.1, 0.15) is 34.3 Å². The minimum atomic E-state index is 0.0836. The number of hydrogen-bond donors (Lipinski definition) is 4. The summed E-state index contributed by atoms with van der Waals surface area (Å²) in [7, 11) is 0. The Labute approximate surface area is 158 Å². The summed E-state index contributed by atoms with van der Waals surface area (Å²) in [5.41, 5.74) is 14.1. The van der Waals surface area contributed by atoms with Gasteiger partial charge in [-0.2, -0.15) is 0 Å². The van der Waals surface area contributed by atoms with Gasteiger partial charge in [0, 0.05) is 5.92 Å². The molecule has 0 amide bonds. The van der Waals surface area contributed by atoms with Crippen LogP contribution in [0.25, 0.3) is 11.1 Å². The van der Waals surface area contributed by atoms with Crippen LogP contribution in [0.4, 0.5) is 0 Å². The van der Waals surface area contributed by atoms with Crippen molar-refractivity contribution < 1.29 is 10.2 Å². The number of hydrogen-bond acceptors (Lipinski definition) is 4. The number of phenolic OH excluding ortho intramolecular Hbond substituents is 1. The maximum Gasteiger partial charge on any atom is 0.115 e. The molecule has 0 bridgehead atoms. The van der Waals surface area contributed by atoms with E-state index < -0.39 is 0 Å². The summed E-state index contributed by atoms with van der Waals surface area (Å²) in [5, 5.41) is 18.9. The van der Waals surface area contributed by atoms with Gasteiger partial charge in [0.25, 0.3) is 0 Å². The average molecular weight is 358 g/mol. The Morgan fingerprint density at radius 2 is 1.48 bits per heavy atom. The Hall–Kier alpha value is -2.66. The number of aliphatic hydroxyl groups excluding tert-OH is 1. The van der Waals surface area contributed by atoms with Crippen LogP contribution in [0.5, 0.6) is 5.75 Å². The first-order valence-electron chi connectivity index (χ1n) is 9.36. The van der Waals surface area contributed by atoms with Gasteiger partial charge in [0.15, 0.2) is 0 Å². The van der Waals surface area contributed by atoms with E-state index >= 15 is 0 Å². The number of fused-ring (bicyclic) bond motifs is 3. The predicted molar refractivity (Wildman–Crippen MR) is 105 cm³/mol. The molecule has 3 unspecified atom stereocenters. The van der Waals surface area contributed by atoms with Crippen molar-refractivity contribution in [3.05, 3.63) is 89.0 Å².